The van der Waals surface area contributed by atoms with E-state index in [2.05, 4.69) is 37.4 Å². The number of nitrogens with zero attached hydrogens (tertiary/aromatic N) is 1. The lowest BCUT2D eigenvalue weighted by Gasteiger charge is -2.36. The number of aliphatic hydroxyl groups excluding tert-OH is 1. The summed E-state index contributed by atoms with van der Waals surface area (Å²) in [6.07, 6.45) is 3.11. The normalized spacial score (nSPS) is 18.7. The number of aryl methyl sites for hydroxylation is 1. The molecule has 4 heteroatoms. The lowest BCUT2D eigenvalue weighted by Crippen LogP contribution is -2.48. The van der Waals surface area contributed by atoms with Gasteiger partial charge < -0.3 is 15.3 Å². The Morgan fingerprint density at radius 3 is 2.77 bits per heavy atom. The molecule has 1 aromatic rings. The van der Waals surface area contributed by atoms with E-state index >= 15 is 0 Å². The van der Waals surface area contributed by atoms with Crippen LogP contribution in [0.5, 0.6) is 0 Å². The number of hydrogen-bond acceptors (Lipinski definition) is 2. The van der Waals surface area contributed by atoms with Crippen LogP contribution in [0.2, 0.25) is 0 Å². The molecule has 1 aromatic carbocycles. The molecule has 0 saturated heterocycles. The minimum atomic E-state index is -0.0723. The Labute approximate surface area is 133 Å². The van der Waals surface area contributed by atoms with Crippen molar-refractivity contribution in [1.82, 2.24) is 10.2 Å². The van der Waals surface area contributed by atoms with Crippen molar-refractivity contribution in [1.29, 1.82) is 0 Å². The Kier molecular flexibility index (Phi) is 5.83. The number of amides is 2. The summed E-state index contributed by atoms with van der Waals surface area (Å²) in [5.74, 6) is 0.388. The number of carbonyl (C=O) groups is 1. The SMILES string of the molecule is CC(C)C(C)NC(=O)N(CCO)C1CCCc2ccccc21. The summed E-state index contributed by atoms with van der Waals surface area (Å²) in [6.45, 7) is 6.57. The van der Waals surface area contributed by atoms with Crippen molar-refractivity contribution in [2.75, 3.05) is 13.2 Å². The molecule has 22 heavy (non-hydrogen) atoms. The molecule has 0 spiro atoms. The van der Waals surface area contributed by atoms with Crippen LogP contribution in [0.1, 0.15) is 50.8 Å². The van der Waals surface area contributed by atoms with Crippen molar-refractivity contribution in [3.05, 3.63) is 35.4 Å². The predicted octanol–water partition coefficient (Wildman–Crippen LogP) is 3.11. The van der Waals surface area contributed by atoms with E-state index in [1.807, 2.05) is 13.0 Å². The highest BCUT2D eigenvalue weighted by Crippen LogP contribution is 2.34. The lowest BCUT2D eigenvalue weighted by atomic mass is 9.87. The Morgan fingerprint density at radius 2 is 2.09 bits per heavy atom. The fourth-order valence-electron chi connectivity index (χ4n) is 3.00. The maximum atomic E-state index is 12.7. The van der Waals surface area contributed by atoms with Crippen LogP contribution in [0, 0.1) is 5.92 Å². The summed E-state index contributed by atoms with van der Waals surface area (Å²) < 4.78 is 0. The van der Waals surface area contributed by atoms with Crippen molar-refractivity contribution in [2.45, 2.75) is 52.1 Å². The zero-order valence-corrected chi connectivity index (χ0v) is 13.9. The van der Waals surface area contributed by atoms with Crippen LogP contribution in [0.4, 0.5) is 4.79 Å². The number of fused-ring (bicyclic) bond motifs is 1. The van der Waals surface area contributed by atoms with Gasteiger partial charge in [0, 0.05) is 12.6 Å². The molecule has 2 amide bonds. The topological polar surface area (TPSA) is 52.6 Å². The van der Waals surface area contributed by atoms with Crippen LogP contribution in [-0.4, -0.2) is 35.2 Å². The molecule has 1 aliphatic rings. The lowest BCUT2D eigenvalue weighted by molar-refractivity contribution is 0.140. The number of hydrogen-bond donors (Lipinski definition) is 2. The van der Waals surface area contributed by atoms with Gasteiger partial charge in [-0.1, -0.05) is 38.1 Å². The van der Waals surface area contributed by atoms with E-state index in [1.54, 1.807) is 4.90 Å². The summed E-state index contributed by atoms with van der Waals surface area (Å²) in [6, 6.07) is 8.46. The average Bonchev–Trinajstić information content (AvgIpc) is 2.52. The van der Waals surface area contributed by atoms with Crippen LogP contribution in [-0.2, 0) is 6.42 Å². The van der Waals surface area contributed by atoms with Crippen LogP contribution >= 0.6 is 0 Å². The standard InChI is InChI=1S/C18H28N2O2/c1-13(2)14(3)19-18(22)20(11-12-21)17-10-6-8-15-7-4-5-9-16(15)17/h4-5,7,9,13-14,17,21H,6,8,10-12H2,1-3H3,(H,19,22). The highest BCUT2D eigenvalue weighted by atomic mass is 16.3. The Balaban J connectivity index is 2.20. The molecule has 0 aliphatic heterocycles. The van der Waals surface area contributed by atoms with Gasteiger partial charge in [0.05, 0.1) is 12.6 Å². The van der Waals surface area contributed by atoms with Crippen LogP contribution in [0.15, 0.2) is 24.3 Å². The highest BCUT2D eigenvalue weighted by Gasteiger charge is 2.29. The van der Waals surface area contributed by atoms with Gasteiger partial charge in [-0.3, -0.25) is 0 Å². The Bertz CT molecular complexity index is 502. The van der Waals surface area contributed by atoms with E-state index in [4.69, 9.17) is 0 Å². The molecule has 2 atom stereocenters. The van der Waals surface area contributed by atoms with Gasteiger partial charge in [-0.25, -0.2) is 4.79 Å². The first-order valence-electron chi connectivity index (χ1n) is 8.30. The van der Waals surface area contributed by atoms with Gasteiger partial charge >= 0.3 is 6.03 Å². The van der Waals surface area contributed by atoms with Gasteiger partial charge in [-0.15, -0.1) is 0 Å². The smallest absolute Gasteiger partial charge is 0.318 e. The monoisotopic (exact) mass is 304 g/mol. The van der Waals surface area contributed by atoms with Crippen LogP contribution in [0.25, 0.3) is 0 Å². The summed E-state index contributed by atoms with van der Waals surface area (Å²) in [7, 11) is 0. The highest BCUT2D eigenvalue weighted by molar-refractivity contribution is 5.75. The molecule has 122 valence electrons. The third kappa shape index (κ3) is 3.80. The predicted molar refractivity (Wildman–Crippen MR) is 88.7 cm³/mol. The molecule has 0 aromatic heterocycles. The minimum absolute atomic E-state index is 0.0118. The zero-order chi connectivity index (χ0) is 16.1. The summed E-state index contributed by atoms with van der Waals surface area (Å²) in [4.78, 5) is 14.5. The number of carbonyl (C=O) groups excluding carboxylic acids is 1. The molecular weight excluding hydrogens is 276 g/mol. The molecule has 0 fully saturated rings. The van der Waals surface area contributed by atoms with Gasteiger partial charge in [0.25, 0.3) is 0 Å². The van der Waals surface area contributed by atoms with Crippen LogP contribution < -0.4 is 5.32 Å². The molecule has 1 aliphatic carbocycles. The second-order valence-electron chi connectivity index (χ2n) is 6.51. The van der Waals surface area contributed by atoms with Gasteiger partial charge in [0.2, 0.25) is 0 Å². The van der Waals surface area contributed by atoms with Gasteiger partial charge in [0.1, 0.15) is 0 Å². The van der Waals surface area contributed by atoms with E-state index in [0.717, 1.165) is 19.3 Å². The van der Waals surface area contributed by atoms with Gasteiger partial charge in [-0.05, 0) is 43.2 Å². The van der Waals surface area contributed by atoms with E-state index in [1.165, 1.54) is 11.1 Å². The maximum absolute atomic E-state index is 12.7. The van der Waals surface area contributed by atoms with Crippen molar-refractivity contribution < 1.29 is 9.90 Å². The van der Waals surface area contributed by atoms with Crippen molar-refractivity contribution in [2.24, 2.45) is 5.92 Å². The van der Waals surface area contributed by atoms with Crippen molar-refractivity contribution in [3.8, 4) is 0 Å². The van der Waals surface area contributed by atoms with Crippen molar-refractivity contribution in [3.63, 3.8) is 0 Å². The number of rotatable bonds is 5. The quantitative estimate of drug-likeness (QED) is 0.878. The second-order valence-corrected chi connectivity index (χ2v) is 6.51. The first-order chi connectivity index (χ1) is 10.5. The molecule has 0 radical (unpaired) electrons. The van der Waals surface area contributed by atoms with Gasteiger partial charge in [-0.2, -0.15) is 0 Å². The number of aliphatic hydroxyl groups is 1. The Morgan fingerprint density at radius 1 is 1.36 bits per heavy atom. The molecule has 0 bridgehead atoms. The summed E-state index contributed by atoms with van der Waals surface area (Å²) in [5, 5.41) is 12.5. The largest absolute Gasteiger partial charge is 0.395 e. The van der Waals surface area contributed by atoms with E-state index < -0.39 is 0 Å². The van der Waals surface area contributed by atoms with E-state index in [0.29, 0.717) is 12.5 Å². The molecule has 2 rings (SSSR count). The fourth-order valence-corrected chi connectivity index (χ4v) is 3.00. The number of nitrogens with one attached hydrogen (secondary N) is 1. The maximum Gasteiger partial charge on any atom is 0.318 e. The number of urea groups is 1. The van der Waals surface area contributed by atoms with Gasteiger partial charge in [0.15, 0.2) is 0 Å². The average molecular weight is 304 g/mol. The van der Waals surface area contributed by atoms with Crippen molar-refractivity contribution >= 4 is 6.03 Å². The third-order valence-electron chi connectivity index (χ3n) is 4.67. The molecule has 0 heterocycles. The second kappa shape index (κ2) is 7.63. The molecule has 0 saturated carbocycles. The molecule has 4 nitrogen and oxygen atoms in total. The number of benzene rings is 1. The fraction of sp³-hybridized carbons (Fsp3) is 0.611. The van der Waals surface area contributed by atoms with Crippen LogP contribution in [0.3, 0.4) is 0 Å². The molecular formula is C18H28N2O2. The summed E-state index contributed by atoms with van der Waals surface area (Å²) >= 11 is 0. The van der Waals surface area contributed by atoms with E-state index in [-0.39, 0.29) is 24.7 Å². The third-order valence-corrected chi connectivity index (χ3v) is 4.67. The Hall–Kier alpha value is -1.55. The zero-order valence-electron chi connectivity index (χ0n) is 13.9. The molecule has 2 unspecified atom stereocenters. The first-order valence-corrected chi connectivity index (χ1v) is 8.30. The van der Waals surface area contributed by atoms with E-state index in [9.17, 15) is 9.90 Å². The minimum Gasteiger partial charge on any atom is -0.395 e. The summed E-state index contributed by atoms with van der Waals surface area (Å²) in [5.41, 5.74) is 2.56. The molecule has 2 N–H and O–H groups in total. The first kappa shape index (κ1) is 16.8.